The van der Waals surface area contributed by atoms with Crippen LogP contribution in [0.3, 0.4) is 0 Å². The predicted molar refractivity (Wildman–Crippen MR) is 99.9 cm³/mol. The van der Waals surface area contributed by atoms with Crippen molar-refractivity contribution in [3.8, 4) is 0 Å². The summed E-state index contributed by atoms with van der Waals surface area (Å²) in [5, 5.41) is 41.9. The Hall–Kier alpha value is -0.930. The lowest BCUT2D eigenvalue weighted by atomic mass is 9.99. The molecule has 0 spiro atoms. The summed E-state index contributed by atoms with van der Waals surface area (Å²) in [5.41, 5.74) is 8.17. The summed E-state index contributed by atoms with van der Waals surface area (Å²) >= 11 is 0. The van der Waals surface area contributed by atoms with Crippen molar-refractivity contribution < 1.29 is 29.9 Å². The second-order valence-corrected chi connectivity index (χ2v) is 7.06. The second kappa shape index (κ2) is 15.0. The van der Waals surface area contributed by atoms with E-state index in [1.807, 2.05) is 0 Å². The zero-order valence-corrected chi connectivity index (χ0v) is 16.0. The van der Waals surface area contributed by atoms with Crippen LogP contribution < -0.4 is 0 Å². The second-order valence-electron chi connectivity index (χ2n) is 7.06. The Kier molecular flexibility index (Phi) is 13.4. The fraction of sp³-hybridized carbons (Fsp3) is 1.00. The summed E-state index contributed by atoms with van der Waals surface area (Å²) in [6, 6.07) is 0. The molecule has 0 aromatic rings. The predicted octanol–water partition coefficient (Wildman–Crippen LogP) is 2.01. The maximum Gasteiger partial charge on any atom is 0.186 e. The van der Waals surface area contributed by atoms with Gasteiger partial charge in [-0.3, -0.25) is 0 Å². The van der Waals surface area contributed by atoms with Gasteiger partial charge in [0.15, 0.2) is 6.29 Å². The van der Waals surface area contributed by atoms with Crippen LogP contribution in [0.15, 0.2) is 5.11 Å². The van der Waals surface area contributed by atoms with Crippen molar-refractivity contribution in [3.05, 3.63) is 10.4 Å². The zero-order chi connectivity index (χ0) is 19.9. The van der Waals surface area contributed by atoms with Gasteiger partial charge in [0.25, 0.3) is 0 Å². The summed E-state index contributed by atoms with van der Waals surface area (Å²) in [5.74, 6) is 0. The van der Waals surface area contributed by atoms with Gasteiger partial charge in [-0.05, 0) is 18.4 Å². The van der Waals surface area contributed by atoms with Gasteiger partial charge >= 0.3 is 0 Å². The number of nitrogens with zero attached hydrogens (tertiary/aromatic N) is 3. The molecule has 0 saturated carbocycles. The Morgan fingerprint density at radius 1 is 0.815 bits per heavy atom. The topological polar surface area (TPSA) is 148 Å². The van der Waals surface area contributed by atoms with Crippen LogP contribution in [0.1, 0.15) is 64.2 Å². The molecule has 1 aliphatic rings. The first-order valence-corrected chi connectivity index (χ1v) is 10.0. The van der Waals surface area contributed by atoms with E-state index in [1.165, 1.54) is 32.1 Å². The molecular formula is C18H35N3O6. The van der Waals surface area contributed by atoms with E-state index in [0.29, 0.717) is 13.2 Å². The zero-order valence-electron chi connectivity index (χ0n) is 16.0. The van der Waals surface area contributed by atoms with E-state index in [2.05, 4.69) is 10.0 Å². The number of hydrogen-bond acceptors (Lipinski definition) is 7. The largest absolute Gasteiger partial charge is 0.394 e. The molecule has 0 radical (unpaired) electrons. The van der Waals surface area contributed by atoms with Crippen LogP contribution in [0.25, 0.3) is 10.4 Å². The first-order valence-electron chi connectivity index (χ1n) is 10.0. The standard InChI is InChI=1S/C18H35N3O6/c19-21-20-11-9-7-5-3-1-2-4-6-8-10-12-26-18-17(25)16(24)15(23)14(13-22)27-18/h14-18,22-25H,1-13H2/t14-,15-,16+,17+,18+/m1/s1. The van der Waals surface area contributed by atoms with Crippen molar-refractivity contribution in [2.24, 2.45) is 5.11 Å². The summed E-state index contributed by atoms with van der Waals surface area (Å²) in [6.45, 7) is 0.550. The normalized spacial score (nSPS) is 28.1. The van der Waals surface area contributed by atoms with Gasteiger partial charge in [-0.2, -0.15) is 0 Å². The number of hydrogen-bond donors (Lipinski definition) is 4. The van der Waals surface area contributed by atoms with E-state index in [0.717, 1.165) is 32.1 Å². The highest BCUT2D eigenvalue weighted by Crippen LogP contribution is 2.22. The Morgan fingerprint density at radius 3 is 1.93 bits per heavy atom. The average Bonchev–Trinajstić information content (AvgIpc) is 2.68. The molecule has 9 heteroatoms. The highest BCUT2D eigenvalue weighted by Gasteiger charge is 2.43. The van der Waals surface area contributed by atoms with Gasteiger partial charge in [0.1, 0.15) is 24.4 Å². The third-order valence-electron chi connectivity index (χ3n) is 4.85. The van der Waals surface area contributed by atoms with E-state index < -0.39 is 37.3 Å². The molecule has 158 valence electrons. The summed E-state index contributed by atoms with van der Waals surface area (Å²) in [4.78, 5) is 2.73. The first kappa shape index (κ1) is 24.1. The van der Waals surface area contributed by atoms with Crippen LogP contribution in [0.2, 0.25) is 0 Å². The Balaban J connectivity index is 1.94. The van der Waals surface area contributed by atoms with E-state index >= 15 is 0 Å². The SMILES string of the molecule is [N-]=[N+]=NCCCCCCCCCCCCO[C@H]1O[C@H](CO)[C@@H](O)[C@H](O)[C@@H]1O. The van der Waals surface area contributed by atoms with E-state index in [1.54, 1.807) is 0 Å². The molecule has 4 N–H and O–H groups in total. The number of rotatable bonds is 15. The molecule has 1 heterocycles. The minimum absolute atomic E-state index is 0.397. The average molecular weight is 389 g/mol. The Morgan fingerprint density at radius 2 is 1.37 bits per heavy atom. The number of ether oxygens (including phenoxy) is 2. The van der Waals surface area contributed by atoms with Gasteiger partial charge in [-0.25, -0.2) is 0 Å². The molecule has 0 unspecified atom stereocenters. The minimum atomic E-state index is -1.39. The summed E-state index contributed by atoms with van der Waals surface area (Å²) in [6.07, 6.45) is 5.06. The lowest BCUT2D eigenvalue weighted by molar-refractivity contribution is -0.301. The molecular weight excluding hydrogens is 354 g/mol. The number of unbranched alkanes of at least 4 members (excludes halogenated alkanes) is 9. The highest BCUT2D eigenvalue weighted by atomic mass is 16.7. The van der Waals surface area contributed by atoms with Gasteiger partial charge in [0, 0.05) is 18.1 Å². The van der Waals surface area contributed by atoms with Crippen LogP contribution in [0, 0.1) is 0 Å². The summed E-state index contributed by atoms with van der Waals surface area (Å²) in [7, 11) is 0. The minimum Gasteiger partial charge on any atom is -0.394 e. The molecule has 5 atom stereocenters. The number of aliphatic hydroxyl groups excluding tert-OH is 4. The van der Waals surface area contributed by atoms with Crippen molar-refractivity contribution in [2.45, 2.75) is 94.9 Å². The molecule has 9 nitrogen and oxygen atoms in total. The van der Waals surface area contributed by atoms with E-state index in [4.69, 9.17) is 20.1 Å². The van der Waals surface area contributed by atoms with Gasteiger partial charge in [0.05, 0.1) is 6.61 Å². The lowest BCUT2D eigenvalue weighted by Crippen LogP contribution is -2.59. The van der Waals surface area contributed by atoms with E-state index in [-0.39, 0.29) is 0 Å². The van der Waals surface area contributed by atoms with Crippen LogP contribution in [-0.2, 0) is 9.47 Å². The first-order chi connectivity index (χ1) is 13.1. The van der Waals surface area contributed by atoms with Crippen LogP contribution in [0.5, 0.6) is 0 Å². The maximum atomic E-state index is 9.86. The molecule has 1 saturated heterocycles. The van der Waals surface area contributed by atoms with Crippen molar-refractivity contribution in [1.82, 2.24) is 0 Å². The van der Waals surface area contributed by atoms with Crippen LogP contribution in [0.4, 0.5) is 0 Å². The van der Waals surface area contributed by atoms with Crippen molar-refractivity contribution >= 4 is 0 Å². The maximum absolute atomic E-state index is 9.86. The third kappa shape index (κ3) is 9.71. The molecule has 0 aliphatic carbocycles. The van der Waals surface area contributed by atoms with Crippen molar-refractivity contribution in [1.29, 1.82) is 0 Å². The number of azide groups is 1. The molecule has 1 rings (SSSR count). The van der Waals surface area contributed by atoms with Crippen LogP contribution >= 0.6 is 0 Å². The Labute approximate surface area is 160 Å². The molecule has 1 fully saturated rings. The Bertz CT molecular complexity index is 420. The molecule has 0 aromatic carbocycles. The molecule has 0 amide bonds. The third-order valence-corrected chi connectivity index (χ3v) is 4.85. The van der Waals surface area contributed by atoms with Crippen LogP contribution in [-0.4, -0.2) is 70.9 Å². The van der Waals surface area contributed by atoms with E-state index in [9.17, 15) is 15.3 Å². The quantitative estimate of drug-likeness (QED) is 0.146. The highest BCUT2D eigenvalue weighted by molar-refractivity contribution is 4.88. The smallest absolute Gasteiger partial charge is 0.186 e. The van der Waals surface area contributed by atoms with Gasteiger partial charge in [-0.15, -0.1) is 0 Å². The van der Waals surface area contributed by atoms with Crippen molar-refractivity contribution in [3.63, 3.8) is 0 Å². The fourth-order valence-electron chi connectivity index (χ4n) is 3.15. The molecule has 1 aliphatic heterocycles. The lowest BCUT2D eigenvalue weighted by Gasteiger charge is -2.39. The van der Waals surface area contributed by atoms with Gasteiger partial charge in [0.2, 0.25) is 0 Å². The fourth-order valence-corrected chi connectivity index (χ4v) is 3.15. The molecule has 27 heavy (non-hydrogen) atoms. The molecule has 0 bridgehead atoms. The molecule has 0 aromatic heterocycles. The monoisotopic (exact) mass is 389 g/mol. The van der Waals surface area contributed by atoms with Crippen molar-refractivity contribution in [2.75, 3.05) is 19.8 Å². The number of aliphatic hydroxyl groups is 4. The summed E-state index contributed by atoms with van der Waals surface area (Å²) < 4.78 is 10.7. The van der Waals surface area contributed by atoms with Gasteiger partial charge < -0.3 is 29.9 Å². The van der Waals surface area contributed by atoms with Gasteiger partial charge in [-0.1, -0.05) is 56.5 Å².